The second-order valence-electron chi connectivity index (χ2n) is 4.48. The van der Waals surface area contributed by atoms with E-state index in [4.69, 9.17) is 0 Å². The molecule has 1 atom stereocenters. The van der Waals surface area contributed by atoms with E-state index in [1.165, 1.54) is 0 Å². The van der Waals surface area contributed by atoms with Crippen molar-refractivity contribution in [3.8, 4) is 0 Å². The van der Waals surface area contributed by atoms with Gasteiger partial charge in [-0.3, -0.25) is 9.48 Å². The van der Waals surface area contributed by atoms with Crippen molar-refractivity contribution in [1.82, 2.24) is 15.1 Å². The minimum Gasteiger partial charge on any atom is -0.394 e. The highest BCUT2D eigenvalue weighted by molar-refractivity contribution is 5.76. The van der Waals surface area contributed by atoms with Gasteiger partial charge in [-0.05, 0) is 18.9 Å². The lowest BCUT2D eigenvalue weighted by atomic mass is 9.89. The van der Waals surface area contributed by atoms with E-state index in [1.807, 2.05) is 20.8 Å². The third-order valence-electron chi connectivity index (χ3n) is 2.89. The lowest BCUT2D eigenvalue weighted by Gasteiger charge is -2.32. The van der Waals surface area contributed by atoms with Crippen molar-refractivity contribution in [3.05, 3.63) is 18.5 Å². The Hall–Kier alpha value is -1.36. The summed E-state index contributed by atoms with van der Waals surface area (Å²) in [7, 11) is 0. The number of nitrogens with zero attached hydrogens (tertiary/aromatic N) is 2. The van der Waals surface area contributed by atoms with E-state index in [1.54, 1.807) is 23.1 Å². The predicted octanol–water partition coefficient (Wildman–Crippen LogP) is 0.406. The van der Waals surface area contributed by atoms with Crippen LogP contribution in [-0.2, 0) is 11.3 Å². The number of carbonyl (C=O) groups is 1. The summed E-state index contributed by atoms with van der Waals surface area (Å²) in [5, 5.41) is 16.1. The summed E-state index contributed by atoms with van der Waals surface area (Å²) in [5.74, 6) is 0.0213. The number of nitrogens with one attached hydrogen (secondary N) is 1. The molecule has 0 saturated heterocycles. The van der Waals surface area contributed by atoms with Crippen molar-refractivity contribution in [2.75, 3.05) is 6.61 Å². The van der Waals surface area contributed by atoms with Crippen LogP contribution in [-0.4, -0.2) is 32.9 Å². The Bertz CT molecular complexity index is 335. The molecule has 0 aromatic carbocycles. The average molecular weight is 225 g/mol. The Morgan fingerprint density at radius 2 is 2.31 bits per heavy atom. The van der Waals surface area contributed by atoms with E-state index >= 15 is 0 Å². The second-order valence-corrected chi connectivity index (χ2v) is 4.48. The Morgan fingerprint density at radius 3 is 2.75 bits per heavy atom. The quantitative estimate of drug-likeness (QED) is 0.762. The molecule has 0 aliphatic rings. The van der Waals surface area contributed by atoms with Crippen molar-refractivity contribution < 1.29 is 9.90 Å². The summed E-state index contributed by atoms with van der Waals surface area (Å²) < 4.78 is 1.55. The smallest absolute Gasteiger partial charge is 0.242 e. The van der Waals surface area contributed by atoms with Gasteiger partial charge in [0, 0.05) is 12.4 Å². The Labute approximate surface area is 95.5 Å². The van der Waals surface area contributed by atoms with Crippen LogP contribution in [0.4, 0.5) is 0 Å². The molecule has 5 nitrogen and oxygen atoms in total. The molecule has 0 spiro atoms. The van der Waals surface area contributed by atoms with Crippen LogP contribution < -0.4 is 5.32 Å². The lowest BCUT2D eigenvalue weighted by Crippen LogP contribution is -2.53. The SMILES string of the molecule is CC(C)C(C)(CO)NC(=O)Cn1cccn1. The van der Waals surface area contributed by atoms with E-state index in [-0.39, 0.29) is 25.0 Å². The van der Waals surface area contributed by atoms with Gasteiger partial charge in [0.05, 0.1) is 12.1 Å². The van der Waals surface area contributed by atoms with Crippen molar-refractivity contribution >= 4 is 5.91 Å². The van der Waals surface area contributed by atoms with Crippen molar-refractivity contribution in [2.24, 2.45) is 5.92 Å². The third kappa shape index (κ3) is 3.06. The molecular weight excluding hydrogens is 206 g/mol. The zero-order valence-electron chi connectivity index (χ0n) is 9.97. The summed E-state index contributed by atoms with van der Waals surface area (Å²) in [6, 6.07) is 1.76. The van der Waals surface area contributed by atoms with Gasteiger partial charge in [0.15, 0.2) is 0 Å². The van der Waals surface area contributed by atoms with Gasteiger partial charge in [-0.2, -0.15) is 5.10 Å². The highest BCUT2D eigenvalue weighted by Crippen LogP contribution is 2.15. The van der Waals surface area contributed by atoms with Crippen LogP contribution in [0.3, 0.4) is 0 Å². The highest BCUT2D eigenvalue weighted by Gasteiger charge is 2.29. The van der Waals surface area contributed by atoms with Gasteiger partial charge in [0.2, 0.25) is 5.91 Å². The van der Waals surface area contributed by atoms with Crippen LogP contribution in [0, 0.1) is 5.92 Å². The van der Waals surface area contributed by atoms with Crippen LogP contribution in [0.25, 0.3) is 0 Å². The van der Waals surface area contributed by atoms with Crippen LogP contribution >= 0.6 is 0 Å². The maximum absolute atomic E-state index is 11.7. The topological polar surface area (TPSA) is 67.2 Å². The Morgan fingerprint density at radius 1 is 1.62 bits per heavy atom. The molecule has 0 aliphatic heterocycles. The minimum absolute atomic E-state index is 0.0739. The second kappa shape index (κ2) is 5.12. The summed E-state index contributed by atoms with van der Waals surface area (Å²) >= 11 is 0. The monoisotopic (exact) mass is 225 g/mol. The summed E-state index contributed by atoms with van der Waals surface area (Å²) in [6.07, 6.45) is 3.35. The largest absolute Gasteiger partial charge is 0.394 e. The van der Waals surface area contributed by atoms with E-state index < -0.39 is 5.54 Å². The molecule has 1 aromatic rings. The van der Waals surface area contributed by atoms with Gasteiger partial charge in [-0.25, -0.2) is 0 Å². The first-order chi connectivity index (χ1) is 7.48. The molecule has 1 amide bonds. The molecule has 1 heterocycles. The van der Waals surface area contributed by atoms with Gasteiger partial charge in [-0.1, -0.05) is 13.8 Å². The number of aliphatic hydroxyl groups is 1. The Balaban J connectivity index is 2.56. The number of hydrogen-bond acceptors (Lipinski definition) is 3. The number of aromatic nitrogens is 2. The molecule has 0 saturated carbocycles. The molecule has 16 heavy (non-hydrogen) atoms. The average Bonchev–Trinajstić information content (AvgIpc) is 2.69. The van der Waals surface area contributed by atoms with Crippen molar-refractivity contribution in [2.45, 2.75) is 32.9 Å². The fraction of sp³-hybridized carbons (Fsp3) is 0.636. The van der Waals surface area contributed by atoms with Gasteiger partial charge in [-0.15, -0.1) is 0 Å². The standard InChI is InChI=1S/C11H19N3O2/c1-9(2)11(3,8-15)13-10(16)7-14-6-4-5-12-14/h4-6,9,15H,7-8H2,1-3H3,(H,13,16). The number of hydrogen-bond donors (Lipinski definition) is 2. The maximum atomic E-state index is 11.7. The molecule has 5 heteroatoms. The van der Waals surface area contributed by atoms with Crippen LogP contribution in [0.15, 0.2) is 18.5 Å². The fourth-order valence-corrected chi connectivity index (χ4v) is 1.27. The van der Waals surface area contributed by atoms with Gasteiger partial charge in [0.25, 0.3) is 0 Å². The number of amides is 1. The van der Waals surface area contributed by atoms with E-state index in [0.29, 0.717) is 0 Å². The molecule has 1 rings (SSSR count). The van der Waals surface area contributed by atoms with E-state index in [9.17, 15) is 9.90 Å². The summed E-state index contributed by atoms with van der Waals surface area (Å²) in [4.78, 5) is 11.7. The molecular formula is C11H19N3O2. The van der Waals surface area contributed by atoms with E-state index in [0.717, 1.165) is 0 Å². The Kier molecular flexibility index (Phi) is 4.06. The first kappa shape index (κ1) is 12.7. The lowest BCUT2D eigenvalue weighted by molar-refractivity contribution is -0.124. The van der Waals surface area contributed by atoms with Crippen molar-refractivity contribution in [3.63, 3.8) is 0 Å². The summed E-state index contributed by atoms with van der Waals surface area (Å²) in [5.41, 5.74) is -0.579. The molecule has 2 N–H and O–H groups in total. The molecule has 0 fully saturated rings. The fourth-order valence-electron chi connectivity index (χ4n) is 1.27. The minimum atomic E-state index is -0.579. The van der Waals surface area contributed by atoms with Gasteiger partial charge >= 0.3 is 0 Å². The van der Waals surface area contributed by atoms with Crippen molar-refractivity contribution in [1.29, 1.82) is 0 Å². The molecule has 1 aromatic heterocycles. The first-order valence-corrected chi connectivity index (χ1v) is 5.37. The first-order valence-electron chi connectivity index (χ1n) is 5.37. The molecule has 0 radical (unpaired) electrons. The predicted molar refractivity (Wildman–Crippen MR) is 60.7 cm³/mol. The van der Waals surface area contributed by atoms with Gasteiger partial charge in [0.1, 0.15) is 6.54 Å². The number of rotatable bonds is 5. The van der Waals surface area contributed by atoms with Crippen LogP contribution in [0.2, 0.25) is 0 Å². The molecule has 1 unspecified atom stereocenters. The molecule has 90 valence electrons. The number of carbonyl (C=O) groups excluding carboxylic acids is 1. The zero-order valence-corrected chi connectivity index (χ0v) is 9.97. The highest BCUT2D eigenvalue weighted by atomic mass is 16.3. The van der Waals surface area contributed by atoms with E-state index in [2.05, 4.69) is 10.4 Å². The van der Waals surface area contributed by atoms with Crippen LogP contribution in [0.5, 0.6) is 0 Å². The van der Waals surface area contributed by atoms with Crippen LogP contribution in [0.1, 0.15) is 20.8 Å². The van der Waals surface area contributed by atoms with Gasteiger partial charge < -0.3 is 10.4 Å². The summed E-state index contributed by atoms with van der Waals surface area (Å²) in [6.45, 7) is 5.86. The third-order valence-corrected chi connectivity index (χ3v) is 2.89. The molecule has 0 aliphatic carbocycles. The zero-order chi connectivity index (χ0) is 12.2. The normalized spacial score (nSPS) is 14.8. The number of aliphatic hydroxyl groups excluding tert-OH is 1. The maximum Gasteiger partial charge on any atom is 0.242 e. The molecule has 0 bridgehead atoms.